The Morgan fingerprint density at radius 2 is 0.500 bits per heavy atom. The molecule has 4 amide bonds. The van der Waals surface area contributed by atoms with Gasteiger partial charge in [-0.15, -0.1) is 0 Å². The summed E-state index contributed by atoms with van der Waals surface area (Å²) < 4.78 is 107. The fourth-order valence-corrected chi connectivity index (χ4v) is 33.1. The molecule has 6 aromatic carbocycles. The Hall–Kier alpha value is -11.0. The number of hydrogen-bond donors (Lipinski definition) is 0. The van der Waals surface area contributed by atoms with Crippen molar-refractivity contribution in [2.45, 2.75) is 290 Å². The Morgan fingerprint density at radius 3 is 0.682 bits per heavy atom. The summed E-state index contributed by atoms with van der Waals surface area (Å²) in [6, 6.07) is 42.9. The molecule has 10 heterocycles. The molecule has 2 spiro atoms. The molecule has 800 valence electrons. The van der Waals surface area contributed by atoms with Gasteiger partial charge >= 0.3 is 23.9 Å². The Labute approximate surface area is 868 Å². The number of anilines is 4. The second-order valence-electron chi connectivity index (χ2n) is 42.8. The largest absolute Gasteiger partial charge is 0.469 e. The van der Waals surface area contributed by atoms with Gasteiger partial charge in [-0.1, -0.05) is 134 Å². The standard InChI is InChI=1S/2C57H74F2N4O10Si/c2*1-36(70-3)43(34-53(66)72-5)56(68)61-22-7-10-49(61)51(64)30-38-12-16-40(17-13-38)47-20-21-48(63(47)42-32-45(58)55(46(59)33-42)60-24-28-74(29-25-60)26-9-27-74)41-18-14-39(15-19-41)31-52(65)50-11-8-23-62(50)57(69)44(37(2)71-4)35-54(67)73-6/h2*12-19,32-33,36-37,43-44,47-50H,7-11,20-31,34-35H2,1-6H3/t36-,37-,43+,44+,47+,48+,49+,50+;36-,37-,43+,44+,47-,48-,49+,50+/m11/s1. The second-order valence-corrected chi connectivity index (χ2v) is 52.8. The molecule has 28 nitrogen and oxygen atoms in total. The maximum absolute atomic E-state index is 16.5. The van der Waals surface area contributed by atoms with Crippen molar-refractivity contribution < 1.29 is 113 Å². The summed E-state index contributed by atoms with van der Waals surface area (Å²) in [5.41, 5.74) is 7.69. The number of Topliss-reactive ketones (excluding diaryl/α,β-unsaturated/α-hetero) is 4. The third-order valence-electron chi connectivity index (χ3n) is 34.6. The molecule has 0 saturated carbocycles. The van der Waals surface area contributed by atoms with Gasteiger partial charge in [0.2, 0.25) is 23.6 Å². The van der Waals surface area contributed by atoms with Crippen LogP contribution in [0.3, 0.4) is 0 Å². The van der Waals surface area contributed by atoms with Crippen LogP contribution in [0.4, 0.5) is 40.3 Å². The Morgan fingerprint density at radius 1 is 0.291 bits per heavy atom. The first-order chi connectivity index (χ1) is 71.2. The molecular weight excluding hydrogens is 1930 g/mol. The van der Waals surface area contributed by atoms with Gasteiger partial charge in [-0.05, 0) is 198 Å². The molecule has 16 atom stereocenters. The van der Waals surface area contributed by atoms with Gasteiger partial charge in [0, 0.05) is 118 Å². The number of amides is 4. The number of carbonyl (C=O) groups excluding carboxylic acids is 12. The van der Waals surface area contributed by atoms with E-state index in [0.717, 1.165) is 68.7 Å². The van der Waals surface area contributed by atoms with Crippen molar-refractivity contribution in [3.8, 4) is 0 Å². The quantitative estimate of drug-likeness (QED) is 0.0149. The van der Waals surface area contributed by atoms with E-state index in [1.165, 1.54) is 118 Å². The predicted octanol–water partition coefficient (Wildman–Crippen LogP) is 16.7. The van der Waals surface area contributed by atoms with Crippen LogP contribution in [-0.2, 0) is 121 Å². The fraction of sp³-hybridized carbons (Fsp3) is 0.579. The normalized spacial score (nSPS) is 23.0. The monoisotopic (exact) mass is 2080 g/mol. The van der Waals surface area contributed by atoms with Gasteiger partial charge in [-0.25, -0.2) is 17.6 Å². The van der Waals surface area contributed by atoms with E-state index in [4.69, 9.17) is 37.9 Å². The highest BCUT2D eigenvalue weighted by Crippen LogP contribution is 2.53. The molecule has 10 aliphatic rings. The van der Waals surface area contributed by atoms with E-state index in [-0.39, 0.29) is 134 Å². The molecule has 0 aliphatic carbocycles. The lowest BCUT2D eigenvalue weighted by Crippen LogP contribution is -2.51. The molecule has 10 fully saturated rings. The van der Waals surface area contributed by atoms with E-state index in [2.05, 4.69) is 9.80 Å². The van der Waals surface area contributed by atoms with Crippen LogP contribution in [0.1, 0.15) is 212 Å². The number of carbonyl (C=O) groups is 12. The van der Waals surface area contributed by atoms with Gasteiger partial charge < -0.3 is 77.1 Å². The van der Waals surface area contributed by atoms with E-state index in [0.29, 0.717) is 141 Å². The van der Waals surface area contributed by atoms with Crippen molar-refractivity contribution in [1.29, 1.82) is 0 Å². The number of halogens is 4. The third kappa shape index (κ3) is 25.0. The zero-order valence-corrected chi connectivity index (χ0v) is 89.9. The summed E-state index contributed by atoms with van der Waals surface area (Å²) in [4.78, 5) is 174. The molecule has 10 saturated heterocycles. The number of hydrogen-bond acceptors (Lipinski definition) is 24. The van der Waals surface area contributed by atoms with Crippen LogP contribution < -0.4 is 19.6 Å². The van der Waals surface area contributed by atoms with Crippen LogP contribution in [0, 0.1) is 46.9 Å². The number of rotatable bonds is 40. The summed E-state index contributed by atoms with van der Waals surface area (Å²) in [5.74, 6) is -9.22. The van der Waals surface area contributed by atoms with Gasteiger partial charge in [-0.2, -0.15) is 0 Å². The van der Waals surface area contributed by atoms with Crippen molar-refractivity contribution in [2.75, 3.05) is 129 Å². The van der Waals surface area contributed by atoms with E-state index in [1.807, 2.05) is 107 Å². The molecular formula is C114H148F4N8O20Si2. The third-order valence-corrected chi connectivity index (χ3v) is 45.4. The highest BCUT2D eigenvalue weighted by atomic mass is 28.3. The average Bonchev–Trinajstić information content (AvgIpc) is 1.74. The number of nitrogens with zero attached hydrogens (tertiary/aromatic N) is 8. The number of likely N-dealkylation sites (tertiary alicyclic amines) is 4. The number of methoxy groups -OCH3 is 8. The summed E-state index contributed by atoms with van der Waals surface area (Å²) in [6.45, 7) is 11.2. The zero-order valence-electron chi connectivity index (χ0n) is 87.9. The molecule has 0 bridgehead atoms. The number of ketones is 4. The van der Waals surface area contributed by atoms with Crippen LogP contribution in [0.25, 0.3) is 0 Å². The number of esters is 4. The first-order valence-electron chi connectivity index (χ1n) is 53.3. The van der Waals surface area contributed by atoms with E-state index < -0.39 is 136 Å². The van der Waals surface area contributed by atoms with E-state index in [9.17, 15) is 57.5 Å². The maximum atomic E-state index is 16.5. The lowest BCUT2D eigenvalue weighted by molar-refractivity contribution is -0.151. The molecule has 0 unspecified atom stereocenters. The smallest absolute Gasteiger partial charge is 0.306 e. The molecule has 16 rings (SSSR count). The zero-order chi connectivity index (χ0) is 106. The van der Waals surface area contributed by atoms with Gasteiger partial charge in [0.25, 0.3) is 0 Å². The van der Waals surface area contributed by atoms with Crippen molar-refractivity contribution in [1.82, 2.24) is 19.6 Å². The summed E-state index contributed by atoms with van der Waals surface area (Å²) in [6.07, 6.45) is 7.49. The van der Waals surface area contributed by atoms with E-state index >= 15 is 17.6 Å². The molecule has 34 heteroatoms. The number of benzene rings is 6. The SMILES string of the molecule is COC(=O)C[C@H](C(=O)N1CCC[C@H]1C(=O)Cc1ccc([C@@H]2CC[C@@H](c3ccc(CC(=O)[C@@H]4CCCN4C(=O)[C@@H](CC(=O)OC)[C@@H](C)OC)cc3)N2c2cc(F)c(N3CC[Si]4(CCC4)CC3)c(F)c2)cc1)[C@@H](C)OC.COC(=O)C[C@H](C(=O)N1CCC[C@H]1C(=O)Cc1ccc([C@H]2CC[C@H](c3ccc(CC(=O)[C@@H]4CCCN4C(=O)[C@@H](CC(=O)OC)[C@@H](C)OC)cc3)N2c2cc(F)c(N3CC[Si]4(CCC4)CC3)c(F)c2)cc1)[C@@H](C)OC. The predicted molar refractivity (Wildman–Crippen MR) is 557 cm³/mol. The minimum atomic E-state index is -1.25. The summed E-state index contributed by atoms with van der Waals surface area (Å²) >= 11 is 0. The van der Waals surface area contributed by atoms with Gasteiger partial charge in [0.15, 0.2) is 46.4 Å². The first-order valence-corrected chi connectivity index (χ1v) is 58.9. The molecule has 148 heavy (non-hydrogen) atoms. The number of ether oxygens (including phenoxy) is 8. The molecule has 0 N–H and O–H groups in total. The highest BCUT2D eigenvalue weighted by molar-refractivity contribution is 6.83. The fourth-order valence-electron chi connectivity index (χ4n) is 25.0. The maximum Gasteiger partial charge on any atom is 0.306 e. The van der Waals surface area contributed by atoms with Crippen LogP contribution in [0.5, 0.6) is 0 Å². The van der Waals surface area contributed by atoms with Gasteiger partial charge in [0.05, 0.1) is 167 Å². The summed E-state index contributed by atoms with van der Waals surface area (Å²) in [7, 11) is 8.52. The van der Waals surface area contributed by atoms with Crippen LogP contribution >= 0.6 is 0 Å². The summed E-state index contributed by atoms with van der Waals surface area (Å²) in [5, 5.41) is 0. The van der Waals surface area contributed by atoms with Crippen LogP contribution in [-0.4, -0.2) is 264 Å². The minimum Gasteiger partial charge on any atom is -0.469 e. The van der Waals surface area contributed by atoms with Crippen molar-refractivity contribution in [2.24, 2.45) is 23.7 Å². The van der Waals surface area contributed by atoms with E-state index in [1.54, 1.807) is 47.3 Å². The van der Waals surface area contributed by atoms with Crippen molar-refractivity contribution in [3.63, 3.8) is 0 Å². The Bertz CT molecular complexity index is 5080. The molecule has 6 aromatic rings. The molecule has 0 aromatic heterocycles. The molecule has 10 aliphatic heterocycles. The van der Waals surface area contributed by atoms with Gasteiger partial charge in [-0.3, -0.25) is 57.5 Å². The Kier molecular flexibility index (Phi) is 37.4. The van der Waals surface area contributed by atoms with Crippen LogP contribution in [0.15, 0.2) is 121 Å². The van der Waals surface area contributed by atoms with Crippen molar-refractivity contribution >= 4 is 110 Å². The minimum absolute atomic E-state index is 0.0386. The Balaban J connectivity index is 0.000000222. The first kappa shape index (κ1) is 111. The average molecular weight is 2080 g/mol. The van der Waals surface area contributed by atoms with Crippen LogP contribution in [0.2, 0.25) is 48.4 Å². The lowest BCUT2D eigenvalue weighted by Gasteiger charge is -2.47. The van der Waals surface area contributed by atoms with Crippen molar-refractivity contribution in [3.05, 3.63) is 189 Å². The molecule has 0 radical (unpaired) electrons. The highest BCUT2D eigenvalue weighted by Gasteiger charge is 2.50. The van der Waals surface area contributed by atoms with Gasteiger partial charge in [0.1, 0.15) is 11.4 Å². The second kappa shape index (κ2) is 49.8. The lowest BCUT2D eigenvalue weighted by atomic mass is 9.95. The topological polar surface area (TPSA) is 305 Å².